The maximum Gasteiger partial charge on any atom is 0.336 e. The van der Waals surface area contributed by atoms with Crippen LogP contribution in [0.1, 0.15) is 32.1 Å². The quantitative estimate of drug-likeness (QED) is 0.584. The molecule has 0 bridgehead atoms. The van der Waals surface area contributed by atoms with Gasteiger partial charge in [-0.2, -0.15) is 0 Å². The minimum absolute atomic E-state index is 0.00788. The topological polar surface area (TPSA) is 84.6 Å². The van der Waals surface area contributed by atoms with Crippen LogP contribution in [0.15, 0.2) is 64.2 Å². The van der Waals surface area contributed by atoms with Crippen LogP contribution in [0.2, 0.25) is 0 Å². The predicted molar refractivity (Wildman–Crippen MR) is 129 cm³/mol. The molecule has 3 heterocycles. The highest BCUT2D eigenvalue weighted by molar-refractivity contribution is 5.88. The first-order valence-corrected chi connectivity index (χ1v) is 11.9. The molecule has 8 heteroatoms. The third-order valence-electron chi connectivity index (χ3n) is 6.88. The van der Waals surface area contributed by atoms with Crippen molar-refractivity contribution in [3.05, 3.63) is 75.4 Å². The highest BCUT2D eigenvalue weighted by Crippen LogP contribution is 2.22. The van der Waals surface area contributed by atoms with E-state index in [9.17, 15) is 19.2 Å². The van der Waals surface area contributed by atoms with Gasteiger partial charge >= 0.3 is 5.69 Å². The summed E-state index contributed by atoms with van der Waals surface area (Å²) in [6, 6.07) is 15.7. The largest absolute Gasteiger partial charge is 0.341 e. The number of para-hydroxylation sites is 2. The van der Waals surface area contributed by atoms with Crippen LogP contribution in [0.25, 0.3) is 16.6 Å². The number of amides is 2. The van der Waals surface area contributed by atoms with Crippen LogP contribution in [-0.2, 0) is 16.1 Å². The van der Waals surface area contributed by atoms with Gasteiger partial charge < -0.3 is 9.80 Å². The molecular formula is C26H28N4O4. The monoisotopic (exact) mass is 460 g/mol. The highest BCUT2D eigenvalue weighted by atomic mass is 16.2. The number of likely N-dealkylation sites (tertiary alicyclic amines) is 2. The standard InChI is InChI=1S/C26H28N4O4/c31-23(28-17-8-13-22(28)25(33)27-15-6-7-16-27)14-18-29-24(32)20-11-4-5-12-21(20)30(26(29)34)19-9-2-1-3-10-19/h1-5,9-12,22H,6-8,13-18H2/t22-/m0/s1. The van der Waals surface area contributed by atoms with Crippen molar-refractivity contribution in [2.75, 3.05) is 19.6 Å². The average Bonchev–Trinajstić information content (AvgIpc) is 3.57. The van der Waals surface area contributed by atoms with Gasteiger partial charge in [-0.1, -0.05) is 30.3 Å². The van der Waals surface area contributed by atoms with Crippen molar-refractivity contribution < 1.29 is 9.59 Å². The fourth-order valence-corrected chi connectivity index (χ4v) is 5.15. The maximum atomic E-state index is 13.4. The maximum absolute atomic E-state index is 13.4. The lowest BCUT2D eigenvalue weighted by molar-refractivity contribution is -0.143. The van der Waals surface area contributed by atoms with Crippen molar-refractivity contribution in [1.82, 2.24) is 18.9 Å². The van der Waals surface area contributed by atoms with Crippen molar-refractivity contribution in [2.24, 2.45) is 0 Å². The fraction of sp³-hybridized carbons (Fsp3) is 0.385. The third-order valence-corrected chi connectivity index (χ3v) is 6.88. The molecule has 0 N–H and O–H groups in total. The van der Waals surface area contributed by atoms with E-state index in [-0.39, 0.29) is 24.8 Å². The van der Waals surface area contributed by atoms with Crippen LogP contribution >= 0.6 is 0 Å². The SMILES string of the molecule is O=C([C@@H]1CCCN1C(=O)CCn1c(=O)c2ccccc2n(-c2ccccc2)c1=O)N1CCCC1. The Hall–Kier alpha value is -3.68. The molecule has 34 heavy (non-hydrogen) atoms. The van der Waals surface area contributed by atoms with Gasteiger partial charge in [-0.15, -0.1) is 0 Å². The van der Waals surface area contributed by atoms with Crippen LogP contribution in [0, 0.1) is 0 Å². The van der Waals surface area contributed by atoms with Gasteiger partial charge in [-0.05, 0) is 49.9 Å². The van der Waals surface area contributed by atoms with E-state index in [1.165, 1.54) is 4.57 Å². The van der Waals surface area contributed by atoms with Crippen LogP contribution < -0.4 is 11.2 Å². The molecule has 2 fully saturated rings. The second kappa shape index (κ2) is 9.29. The van der Waals surface area contributed by atoms with E-state index in [1.807, 2.05) is 35.2 Å². The zero-order valence-electron chi connectivity index (χ0n) is 19.1. The molecular weight excluding hydrogens is 432 g/mol. The van der Waals surface area contributed by atoms with E-state index in [4.69, 9.17) is 0 Å². The molecule has 3 aromatic rings. The molecule has 2 aromatic carbocycles. The highest BCUT2D eigenvalue weighted by Gasteiger charge is 2.37. The molecule has 1 atom stereocenters. The normalized spacial score (nSPS) is 18.1. The number of benzene rings is 2. The first-order valence-electron chi connectivity index (χ1n) is 11.9. The van der Waals surface area contributed by atoms with Crippen LogP contribution in [-0.4, -0.2) is 56.4 Å². The first-order chi connectivity index (χ1) is 16.6. The summed E-state index contributed by atoms with van der Waals surface area (Å²) in [6.07, 6.45) is 3.45. The Balaban J connectivity index is 1.43. The molecule has 0 unspecified atom stereocenters. The zero-order chi connectivity index (χ0) is 23.7. The summed E-state index contributed by atoms with van der Waals surface area (Å²) < 4.78 is 2.65. The molecule has 0 aliphatic carbocycles. The molecule has 0 saturated carbocycles. The summed E-state index contributed by atoms with van der Waals surface area (Å²) in [4.78, 5) is 56.1. The molecule has 1 aromatic heterocycles. The Bertz CT molecular complexity index is 1340. The van der Waals surface area contributed by atoms with Crippen LogP contribution in [0.5, 0.6) is 0 Å². The summed E-state index contributed by atoms with van der Waals surface area (Å²) in [7, 11) is 0. The van der Waals surface area contributed by atoms with Gasteiger partial charge in [0.25, 0.3) is 5.56 Å². The number of carbonyl (C=O) groups excluding carboxylic acids is 2. The summed E-state index contributed by atoms with van der Waals surface area (Å²) in [5.41, 5.74) is 0.294. The minimum atomic E-state index is -0.478. The second-order valence-corrected chi connectivity index (χ2v) is 8.96. The zero-order valence-corrected chi connectivity index (χ0v) is 19.1. The predicted octanol–water partition coefficient (Wildman–Crippen LogP) is 2.16. The molecule has 2 saturated heterocycles. The molecule has 176 valence electrons. The van der Waals surface area contributed by atoms with E-state index in [0.29, 0.717) is 29.6 Å². The van der Waals surface area contributed by atoms with Crippen molar-refractivity contribution in [2.45, 2.75) is 44.7 Å². The Labute approximate surface area is 197 Å². The fourth-order valence-electron chi connectivity index (χ4n) is 5.15. The van der Waals surface area contributed by atoms with Crippen LogP contribution in [0.3, 0.4) is 0 Å². The number of fused-ring (bicyclic) bond motifs is 1. The number of carbonyl (C=O) groups is 2. The van der Waals surface area contributed by atoms with Gasteiger partial charge in [0.2, 0.25) is 11.8 Å². The van der Waals surface area contributed by atoms with Crippen molar-refractivity contribution in [3.63, 3.8) is 0 Å². The average molecular weight is 461 g/mol. The van der Waals surface area contributed by atoms with E-state index < -0.39 is 17.3 Å². The van der Waals surface area contributed by atoms with Gasteiger partial charge in [0.1, 0.15) is 6.04 Å². The Morgan fingerprint density at radius 1 is 0.853 bits per heavy atom. The van der Waals surface area contributed by atoms with Gasteiger partial charge in [-0.3, -0.25) is 23.5 Å². The summed E-state index contributed by atoms with van der Waals surface area (Å²) >= 11 is 0. The number of hydrogen-bond donors (Lipinski definition) is 0. The minimum Gasteiger partial charge on any atom is -0.341 e. The lowest BCUT2D eigenvalue weighted by Gasteiger charge is -2.28. The third kappa shape index (κ3) is 3.93. The van der Waals surface area contributed by atoms with Crippen molar-refractivity contribution in [1.29, 1.82) is 0 Å². The molecule has 8 nitrogen and oxygen atoms in total. The van der Waals surface area contributed by atoms with Gasteiger partial charge in [0.05, 0.1) is 16.6 Å². The van der Waals surface area contributed by atoms with Crippen LogP contribution in [0.4, 0.5) is 0 Å². The van der Waals surface area contributed by atoms with Crippen molar-refractivity contribution >= 4 is 22.7 Å². The van der Waals surface area contributed by atoms with Crippen molar-refractivity contribution in [3.8, 4) is 5.69 Å². The Morgan fingerprint density at radius 3 is 2.32 bits per heavy atom. The second-order valence-electron chi connectivity index (χ2n) is 8.96. The molecule has 2 amide bonds. The van der Waals surface area contributed by atoms with E-state index in [1.54, 1.807) is 29.2 Å². The summed E-state index contributed by atoms with van der Waals surface area (Å²) in [5, 5.41) is 0.418. The number of aromatic nitrogens is 2. The number of nitrogens with zero attached hydrogens (tertiary/aromatic N) is 4. The van der Waals surface area contributed by atoms with E-state index in [0.717, 1.165) is 36.9 Å². The lowest BCUT2D eigenvalue weighted by atomic mass is 10.2. The Morgan fingerprint density at radius 2 is 1.56 bits per heavy atom. The lowest BCUT2D eigenvalue weighted by Crippen LogP contribution is -2.47. The van der Waals surface area contributed by atoms with Gasteiger partial charge in [0.15, 0.2) is 0 Å². The molecule has 2 aliphatic heterocycles. The number of rotatable bonds is 5. The number of hydrogen-bond acceptors (Lipinski definition) is 4. The van der Waals surface area contributed by atoms with E-state index in [2.05, 4.69) is 0 Å². The molecule has 5 rings (SSSR count). The van der Waals surface area contributed by atoms with Gasteiger partial charge in [0, 0.05) is 32.6 Å². The van der Waals surface area contributed by atoms with Gasteiger partial charge in [-0.25, -0.2) is 4.79 Å². The molecule has 2 aliphatic rings. The molecule has 0 spiro atoms. The summed E-state index contributed by atoms with van der Waals surface area (Å²) in [5.74, 6) is -0.168. The first kappa shape index (κ1) is 22.1. The Kier molecular flexibility index (Phi) is 6.04. The van der Waals surface area contributed by atoms with E-state index >= 15 is 0 Å². The molecule has 0 radical (unpaired) electrons. The summed E-state index contributed by atoms with van der Waals surface area (Å²) in [6.45, 7) is 2.00. The smallest absolute Gasteiger partial charge is 0.336 e.